The quantitative estimate of drug-likeness (QED) is 0.111. The van der Waals surface area contributed by atoms with E-state index in [1.807, 2.05) is 38.1 Å². The molecule has 0 amide bonds. The van der Waals surface area contributed by atoms with Crippen LogP contribution in [0.5, 0.6) is 11.5 Å². The smallest absolute Gasteiger partial charge is 0.346 e. The molecule has 3 rings (SSSR count). The highest BCUT2D eigenvalue weighted by Crippen LogP contribution is 2.25. The zero-order valence-corrected chi connectivity index (χ0v) is 23.2. The maximum Gasteiger partial charge on any atom is 0.346 e. The van der Waals surface area contributed by atoms with Gasteiger partial charge in [0, 0.05) is 0 Å². The summed E-state index contributed by atoms with van der Waals surface area (Å²) >= 11 is 0. The van der Waals surface area contributed by atoms with E-state index in [1.165, 1.54) is 68.5 Å². The molecule has 5 nitrogen and oxygen atoms in total. The van der Waals surface area contributed by atoms with Gasteiger partial charge in [-0.15, -0.1) is 0 Å². The van der Waals surface area contributed by atoms with Crippen LogP contribution in [0.3, 0.4) is 0 Å². The molecule has 6 heteroatoms. The van der Waals surface area contributed by atoms with Gasteiger partial charge in [0.1, 0.15) is 17.3 Å². The standard InChI is InChI=1S/C33H39FO5/c1-4-6-7-8-9-10-21-37-28-16-11-25(12-17-28)27-15-20-30(31(34)22-27)33(36)39-29-18-13-26(14-19-29)32(35)38-23-24(3)5-2/h11-20,22,24H,4-10,21,23H2,1-3H3/t24-/m0/s1. The van der Waals surface area contributed by atoms with Crippen molar-refractivity contribution >= 4 is 11.9 Å². The second-order valence-electron chi connectivity index (χ2n) is 9.86. The van der Waals surface area contributed by atoms with Crippen molar-refractivity contribution in [1.29, 1.82) is 0 Å². The van der Waals surface area contributed by atoms with Gasteiger partial charge in [-0.25, -0.2) is 14.0 Å². The van der Waals surface area contributed by atoms with E-state index in [0.29, 0.717) is 24.3 Å². The van der Waals surface area contributed by atoms with Crippen LogP contribution in [0.4, 0.5) is 4.39 Å². The fourth-order valence-electron chi connectivity index (χ4n) is 3.92. The number of carbonyl (C=O) groups is 2. The fourth-order valence-corrected chi connectivity index (χ4v) is 3.92. The Morgan fingerprint density at radius 2 is 1.41 bits per heavy atom. The number of rotatable bonds is 15. The van der Waals surface area contributed by atoms with Crippen LogP contribution >= 0.6 is 0 Å². The van der Waals surface area contributed by atoms with E-state index in [1.54, 1.807) is 6.07 Å². The van der Waals surface area contributed by atoms with Crippen molar-refractivity contribution in [3.8, 4) is 22.6 Å². The van der Waals surface area contributed by atoms with Crippen molar-refractivity contribution in [3.05, 3.63) is 83.7 Å². The molecule has 0 aliphatic heterocycles. The molecule has 0 bridgehead atoms. The third-order valence-electron chi connectivity index (χ3n) is 6.64. The lowest BCUT2D eigenvalue weighted by Gasteiger charge is -2.10. The van der Waals surface area contributed by atoms with Crippen LogP contribution in [-0.2, 0) is 4.74 Å². The molecule has 0 N–H and O–H groups in total. The van der Waals surface area contributed by atoms with E-state index in [0.717, 1.165) is 24.2 Å². The Labute approximate surface area is 231 Å². The summed E-state index contributed by atoms with van der Waals surface area (Å²) in [6.07, 6.45) is 8.17. The van der Waals surface area contributed by atoms with Gasteiger partial charge in [-0.1, -0.05) is 77.5 Å². The average Bonchev–Trinajstić information content (AvgIpc) is 2.95. The molecule has 0 aliphatic carbocycles. The van der Waals surface area contributed by atoms with Crippen LogP contribution in [0, 0.1) is 11.7 Å². The number of benzene rings is 3. The first-order chi connectivity index (χ1) is 18.9. The second kappa shape index (κ2) is 15.7. The van der Waals surface area contributed by atoms with Gasteiger partial charge < -0.3 is 14.2 Å². The molecule has 3 aromatic rings. The first-order valence-electron chi connectivity index (χ1n) is 13.9. The van der Waals surface area contributed by atoms with E-state index in [-0.39, 0.29) is 17.2 Å². The molecule has 0 saturated heterocycles. The molecular formula is C33H39FO5. The topological polar surface area (TPSA) is 61.8 Å². The van der Waals surface area contributed by atoms with Gasteiger partial charge in [-0.2, -0.15) is 0 Å². The minimum atomic E-state index is -0.815. The summed E-state index contributed by atoms with van der Waals surface area (Å²) in [4.78, 5) is 24.7. The molecular weight excluding hydrogens is 495 g/mol. The summed E-state index contributed by atoms with van der Waals surface area (Å²) in [5.41, 5.74) is 1.64. The van der Waals surface area contributed by atoms with Gasteiger partial charge in [0.05, 0.1) is 24.3 Å². The predicted octanol–water partition coefficient (Wildman–Crippen LogP) is 8.65. The molecule has 0 fully saturated rings. The lowest BCUT2D eigenvalue weighted by atomic mass is 10.0. The van der Waals surface area contributed by atoms with E-state index >= 15 is 0 Å². The minimum absolute atomic E-state index is 0.172. The van der Waals surface area contributed by atoms with Gasteiger partial charge >= 0.3 is 11.9 Å². The van der Waals surface area contributed by atoms with Crippen molar-refractivity contribution in [1.82, 2.24) is 0 Å². The number of halogens is 1. The highest BCUT2D eigenvalue weighted by atomic mass is 19.1. The number of esters is 2. The number of unbranched alkanes of at least 4 members (excludes halogenated alkanes) is 5. The highest BCUT2D eigenvalue weighted by Gasteiger charge is 2.16. The van der Waals surface area contributed by atoms with Gasteiger partial charge in [-0.3, -0.25) is 0 Å². The fraction of sp³-hybridized carbons (Fsp3) is 0.394. The third-order valence-corrected chi connectivity index (χ3v) is 6.64. The lowest BCUT2D eigenvalue weighted by molar-refractivity contribution is 0.0447. The lowest BCUT2D eigenvalue weighted by Crippen LogP contribution is -2.12. The van der Waals surface area contributed by atoms with Crippen LogP contribution in [0.15, 0.2) is 66.7 Å². The summed E-state index contributed by atoms with van der Waals surface area (Å²) in [6, 6.07) is 17.9. The Kier molecular flexibility index (Phi) is 12.0. The SMILES string of the molecule is CCCCCCCCOc1ccc(-c2ccc(C(=O)Oc3ccc(C(=O)OC[C@@H](C)CC)cc3)c(F)c2)cc1. The van der Waals surface area contributed by atoms with Crippen LogP contribution in [0.25, 0.3) is 11.1 Å². The molecule has 0 aromatic heterocycles. The first kappa shape index (κ1) is 29.9. The molecule has 0 spiro atoms. The molecule has 0 heterocycles. The van der Waals surface area contributed by atoms with Crippen molar-refractivity contribution in [2.24, 2.45) is 5.92 Å². The Morgan fingerprint density at radius 1 is 0.769 bits per heavy atom. The predicted molar refractivity (Wildman–Crippen MR) is 152 cm³/mol. The zero-order valence-electron chi connectivity index (χ0n) is 23.2. The normalized spacial score (nSPS) is 11.6. The zero-order chi connectivity index (χ0) is 28.0. The molecule has 3 aromatic carbocycles. The summed E-state index contributed by atoms with van der Waals surface area (Å²) < 4.78 is 31.3. The molecule has 208 valence electrons. The monoisotopic (exact) mass is 534 g/mol. The third kappa shape index (κ3) is 9.54. The minimum Gasteiger partial charge on any atom is -0.494 e. The van der Waals surface area contributed by atoms with E-state index < -0.39 is 17.8 Å². The molecule has 0 saturated carbocycles. The maximum absolute atomic E-state index is 14.8. The number of carbonyl (C=O) groups excluding carboxylic acids is 2. The van der Waals surface area contributed by atoms with E-state index in [2.05, 4.69) is 6.92 Å². The number of hydrogen-bond acceptors (Lipinski definition) is 5. The molecule has 1 atom stereocenters. The second-order valence-corrected chi connectivity index (χ2v) is 9.86. The van der Waals surface area contributed by atoms with Gasteiger partial charge in [0.25, 0.3) is 0 Å². The van der Waals surface area contributed by atoms with Crippen LogP contribution in [0.1, 0.15) is 86.4 Å². The van der Waals surface area contributed by atoms with Crippen molar-refractivity contribution < 1.29 is 28.2 Å². The van der Waals surface area contributed by atoms with Crippen molar-refractivity contribution in [3.63, 3.8) is 0 Å². The molecule has 0 unspecified atom stereocenters. The number of ether oxygens (including phenoxy) is 3. The first-order valence-corrected chi connectivity index (χ1v) is 13.9. The van der Waals surface area contributed by atoms with Crippen LogP contribution in [-0.4, -0.2) is 25.2 Å². The Morgan fingerprint density at radius 3 is 2.08 bits per heavy atom. The Balaban J connectivity index is 1.52. The molecule has 0 aliphatic rings. The Hall–Kier alpha value is -3.67. The van der Waals surface area contributed by atoms with Crippen molar-refractivity contribution in [2.75, 3.05) is 13.2 Å². The number of hydrogen-bond donors (Lipinski definition) is 0. The summed E-state index contributed by atoms with van der Waals surface area (Å²) in [6.45, 7) is 7.27. The summed E-state index contributed by atoms with van der Waals surface area (Å²) in [7, 11) is 0. The molecule has 39 heavy (non-hydrogen) atoms. The maximum atomic E-state index is 14.8. The summed E-state index contributed by atoms with van der Waals surface area (Å²) in [5.74, 6) is -0.659. The Bertz CT molecular complexity index is 1190. The van der Waals surface area contributed by atoms with Crippen LogP contribution < -0.4 is 9.47 Å². The largest absolute Gasteiger partial charge is 0.494 e. The van der Waals surface area contributed by atoms with Crippen molar-refractivity contribution in [2.45, 2.75) is 65.7 Å². The summed E-state index contributed by atoms with van der Waals surface area (Å²) in [5, 5.41) is 0. The van der Waals surface area contributed by atoms with E-state index in [9.17, 15) is 14.0 Å². The average molecular weight is 535 g/mol. The van der Waals surface area contributed by atoms with Gasteiger partial charge in [-0.05, 0) is 72.0 Å². The molecule has 0 radical (unpaired) electrons. The van der Waals surface area contributed by atoms with Gasteiger partial charge in [0.15, 0.2) is 0 Å². The van der Waals surface area contributed by atoms with Gasteiger partial charge in [0.2, 0.25) is 0 Å². The van der Waals surface area contributed by atoms with Crippen LogP contribution in [0.2, 0.25) is 0 Å². The highest BCUT2D eigenvalue weighted by molar-refractivity contribution is 5.92. The van der Waals surface area contributed by atoms with E-state index in [4.69, 9.17) is 14.2 Å².